The number of hydrogen-bond acceptors (Lipinski definition) is 2. The number of fused-ring (bicyclic) bond motifs is 1. The van der Waals surface area contributed by atoms with Crippen LogP contribution in [-0.2, 0) is 0 Å². The topological polar surface area (TPSA) is 6.48 Å². The van der Waals surface area contributed by atoms with Gasteiger partial charge in [0.25, 0.3) is 0 Å². The smallest absolute Gasteiger partial charge is 0.0224 e. The maximum atomic E-state index is 2.68. The molecule has 0 aromatic rings. The molecular formula is C10H20N2. The summed E-state index contributed by atoms with van der Waals surface area (Å²) in [7, 11) is 0. The van der Waals surface area contributed by atoms with Gasteiger partial charge in [0.05, 0.1) is 0 Å². The fraction of sp³-hybridized carbons (Fsp3) is 1.00. The summed E-state index contributed by atoms with van der Waals surface area (Å²) in [6.07, 6.45) is 2.86. The molecule has 2 heterocycles. The van der Waals surface area contributed by atoms with E-state index in [1.807, 2.05) is 0 Å². The Morgan fingerprint density at radius 2 is 2.17 bits per heavy atom. The zero-order valence-electron chi connectivity index (χ0n) is 8.29. The molecule has 0 aromatic heterocycles. The van der Waals surface area contributed by atoms with Crippen molar-refractivity contribution in [3.05, 3.63) is 0 Å². The third-order valence-corrected chi connectivity index (χ3v) is 3.47. The summed E-state index contributed by atoms with van der Waals surface area (Å²) in [6, 6.07) is 1.67. The minimum absolute atomic E-state index is 0.782. The van der Waals surface area contributed by atoms with Crippen molar-refractivity contribution in [2.75, 3.05) is 26.2 Å². The van der Waals surface area contributed by atoms with Crippen molar-refractivity contribution >= 4 is 0 Å². The monoisotopic (exact) mass is 168 g/mol. The molecule has 2 saturated heterocycles. The Bertz CT molecular complexity index is 158. The van der Waals surface area contributed by atoms with Crippen molar-refractivity contribution in [1.29, 1.82) is 0 Å². The molecule has 2 fully saturated rings. The maximum Gasteiger partial charge on any atom is 0.0224 e. The Labute approximate surface area is 75.5 Å². The van der Waals surface area contributed by atoms with Gasteiger partial charge in [0, 0.05) is 25.2 Å². The second-order valence-electron chi connectivity index (χ2n) is 4.23. The molecule has 0 amide bonds. The quantitative estimate of drug-likeness (QED) is 0.580. The van der Waals surface area contributed by atoms with E-state index in [0.717, 1.165) is 12.1 Å². The predicted molar refractivity (Wildman–Crippen MR) is 51.3 cm³/mol. The number of rotatable bonds is 1. The van der Waals surface area contributed by atoms with Crippen LogP contribution in [0.1, 0.15) is 26.7 Å². The first kappa shape index (κ1) is 8.52. The Kier molecular flexibility index (Phi) is 2.37. The van der Waals surface area contributed by atoms with Crippen LogP contribution < -0.4 is 0 Å². The highest BCUT2D eigenvalue weighted by molar-refractivity contribution is 4.89. The molecule has 2 aliphatic rings. The fourth-order valence-corrected chi connectivity index (χ4v) is 2.69. The minimum atomic E-state index is 0.782. The van der Waals surface area contributed by atoms with Crippen LogP contribution in [0, 0.1) is 0 Å². The average molecular weight is 168 g/mol. The van der Waals surface area contributed by atoms with E-state index in [9.17, 15) is 0 Å². The summed E-state index contributed by atoms with van der Waals surface area (Å²) in [5.41, 5.74) is 0. The van der Waals surface area contributed by atoms with Gasteiger partial charge in [-0.1, -0.05) is 6.92 Å². The van der Waals surface area contributed by atoms with Crippen molar-refractivity contribution in [1.82, 2.24) is 9.80 Å². The highest BCUT2D eigenvalue weighted by Gasteiger charge is 2.33. The first-order chi connectivity index (χ1) is 5.81. The molecule has 0 aromatic carbocycles. The van der Waals surface area contributed by atoms with Crippen molar-refractivity contribution in [3.8, 4) is 0 Å². The van der Waals surface area contributed by atoms with Gasteiger partial charge in [0.15, 0.2) is 0 Å². The zero-order chi connectivity index (χ0) is 8.55. The molecule has 2 nitrogen and oxygen atoms in total. The molecule has 0 spiro atoms. The first-order valence-corrected chi connectivity index (χ1v) is 5.29. The van der Waals surface area contributed by atoms with Gasteiger partial charge >= 0.3 is 0 Å². The van der Waals surface area contributed by atoms with Crippen molar-refractivity contribution in [2.24, 2.45) is 0 Å². The van der Waals surface area contributed by atoms with E-state index in [1.54, 1.807) is 0 Å². The second-order valence-corrected chi connectivity index (χ2v) is 4.23. The van der Waals surface area contributed by atoms with Gasteiger partial charge in [-0.25, -0.2) is 0 Å². The van der Waals surface area contributed by atoms with Gasteiger partial charge in [-0.3, -0.25) is 9.80 Å². The molecule has 0 N–H and O–H groups in total. The molecule has 2 rings (SSSR count). The summed E-state index contributed by atoms with van der Waals surface area (Å²) in [5, 5.41) is 0. The van der Waals surface area contributed by atoms with Crippen molar-refractivity contribution in [2.45, 2.75) is 38.8 Å². The Morgan fingerprint density at radius 1 is 1.33 bits per heavy atom. The standard InChI is InChI=1S/C10H20N2/c1-3-11-8-10-5-4-6-12(10)7-9(11)2/h9-10H,3-8H2,1-2H3. The number of piperazine rings is 1. The normalized spacial score (nSPS) is 38.5. The summed E-state index contributed by atoms with van der Waals surface area (Å²) in [6.45, 7) is 9.84. The van der Waals surface area contributed by atoms with E-state index >= 15 is 0 Å². The van der Waals surface area contributed by atoms with Crippen LogP contribution in [0.5, 0.6) is 0 Å². The van der Waals surface area contributed by atoms with Gasteiger partial charge in [-0.05, 0) is 32.9 Å². The third-order valence-electron chi connectivity index (χ3n) is 3.47. The highest BCUT2D eigenvalue weighted by Crippen LogP contribution is 2.23. The molecule has 12 heavy (non-hydrogen) atoms. The molecule has 2 aliphatic heterocycles. The molecule has 0 bridgehead atoms. The Hall–Kier alpha value is -0.0800. The van der Waals surface area contributed by atoms with Crippen LogP contribution in [0.4, 0.5) is 0 Å². The van der Waals surface area contributed by atoms with E-state index in [2.05, 4.69) is 23.6 Å². The van der Waals surface area contributed by atoms with Crippen LogP contribution >= 0.6 is 0 Å². The molecule has 2 unspecified atom stereocenters. The molecule has 2 heteroatoms. The lowest BCUT2D eigenvalue weighted by atomic mass is 10.1. The number of nitrogens with zero attached hydrogens (tertiary/aromatic N) is 2. The molecule has 0 radical (unpaired) electrons. The molecule has 0 aliphatic carbocycles. The summed E-state index contributed by atoms with van der Waals surface area (Å²) < 4.78 is 0. The lowest BCUT2D eigenvalue weighted by Gasteiger charge is -2.41. The lowest BCUT2D eigenvalue weighted by molar-refractivity contribution is 0.0637. The van der Waals surface area contributed by atoms with Crippen LogP contribution in [0.3, 0.4) is 0 Å². The Morgan fingerprint density at radius 3 is 2.92 bits per heavy atom. The van der Waals surface area contributed by atoms with E-state index < -0.39 is 0 Å². The average Bonchev–Trinajstić information content (AvgIpc) is 2.49. The van der Waals surface area contributed by atoms with E-state index in [1.165, 1.54) is 39.0 Å². The van der Waals surface area contributed by atoms with Gasteiger partial charge in [-0.2, -0.15) is 0 Å². The first-order valence-electron chi connectivity index (χ1n) is 5.29. The second kappa shape index (κ2) is 3.35. The van der Waals surface area contributed by atoms with Gasteiger partial charge < -0.3 is 0 Å². The fourth-order valence-electron chi connectivity index (χ4n) is 2.69. The van der Waals surface area contributed by atoms with Crippen molar-refractivity contribution < 1.29 is 0 Å². The molecule has 70 valence electrons. The van der Waals surface area contributed by atoms with Gasteiger partial charge in [-0.15, -0.1) is 0 Å². The van der Waals surface area contributed by atoms with Crippen molar-refractivity contribution in [3.63, 3.8) is 0 Å². The van der Waals surface area contributed by atoms with Crippen LogP contribution in [0.25, 0.3) is 0 Å². The summed E-state index contributed by atoms with van der Waals surface area (Å²) in [5.74, 6) is 0. The van der Waals surface area contributed by atoms with E-state index in [4.69, 9.17) is 0 Å². The number of likely N-dealkylation sites (N-methyl/N-ethyl adjacent to an activating group) is 1. The lowest BCUT2D eigenvalue weighted by Crippen LogP contribution is -2.54. The van der Waals surface area contributed by atoms with Crippen LogP contribution in [0.15, 0.2) is 0 Å². The molecular weight excluding hydrogens is 148 g/mol. The minimum Gasteiger partial charge on any atom is -0.298 e. The zero-order valence-corrected chi connectivity index (χ0v) is 8.29. The van der Waals surface area contributed by atoms with Gasteiger partial charge in [0.1, 0.15) is 0 Å². The summed E-state index contributed by atoms with van der Waals surface area (Å²) in [4.78, 5) is 5.29. The van der Waals surface area contributed by atoms with Crippen LogP contribution in [0.2, 0.25) is 0 Å². The third kappa shape index (κ3) is 1.38. The predicted octanol–water partition coefficient (Wildman–Crippen LogP) is 1.17. The number of hydrogen-bond donors (Lipinski definition) is 0. The Balaban J connectivity index is 1.98. The SMILES string of the molecule is CCN1CC2CCCN2CC1C. The highest BCUT2D eigenvalue weighted by atomic mass is 15.3. The molecule has 0 saturated carbocycles. The maximum absolute atomic E-state index is 2.68. The van der Waals surface area contributed by atoms with E-state index in [-0.39, 0.29) is 0 Å². The molecule has 2 atom stereocenters. The largest absolute Gasteiger partial charge is 0.298 e. The summed E-state index contributed by atoms with van der Waals surface area (Å²) >= 11 is 0. The van der Waals surface area contributed by atoms with E-state index in [0.29, 0.717) is 0 Å². The van der Waals surface area contributed by atoms with Gasteiger partial charge in [0.2, 0.25) is 0 Å². The van der Waals surface area contributed by atoms with Crippen LogP contribution in [-0.4, -0.2) is 48.1 Å².